The van der Waals surface area contributed by atoms with Gasteiger partial charge in [0.25, 0.3) is 0 Å². The summed E-state index contributed by atoms with van der Waals surface area (Å²) in [5.41, 5.74) is 6.31. The monoisotopic (exact) mass is 1160 g/mol. The van der Waals surface area contributed by atoms with E-state index >= 15 is 0 Å². The van der Waals surface area contributed by atoms with Gasteiger partial charge in [0.1, 0.15) is 0 Å². The van der Waals surface area contributed by atoms with Gasteiger partial charge in [-0.05, 0) is 54.7 Å². The summed E-state index contributed by atoms with van der Waals surface area (Å²) >= 11 is 0. The molecule has 2 unspecified atom stereocenters. The molecule has 4 rings (SSSR count). The molecule has 2 aliphatic heterocycles. The maximum absolute atomic E-state index is 10.7. The van der Waals surface area contributed by atoms with Crippen LogP contribution in [-0.4, -0.2) is 237 Å². The molecule has 2 atom stereocenters. The van der Waals surface area contributed by atoms with Crippen molar-refractivity contribution in [2.24, 2.45) is 0 Å². The lowest BCUT2D eigenvalue weighted by Gasteiger charge is -2.41. The Hall–Kier alpha value is -4.17. The van der Waals surface area contributed by atoms with Crippen LogP contribution in [0.3, 0.4) is 0 Å². The second-order valence-corrected chi connectivity index (χ2v) is 19.5. The van der Waals surface area contributed by atoms with Crippen LogP contribution in [0.4, 0.5) is 11.4 Å². The number of para-hydroxylation sites is 2. The molecular formula is C62H98N2O18. The predicted molar refractivity (Wildman–Crippen MR) is 314 cm³/mol. The third-order valence-electron chi connectivity index (χ3n) is 13.7. The molecule has 1 N–H and O–H groups in total. The molecule has 0 fully saturated rings. The zero-order valence-electron chi connectivity index (χ0n) is 49.9. The highest BCUT2D eigenvalue weighted by Crippen LogP contribution is 2.50. The van der Waals surface area contributed by atoms with E-state index < -0.39 is 5.97 Å². The first kappa shape index (κ1) is 70.3. The molecule has 0 aromatic heterocycles. The van der Waals surface area contributed by atoms with E-state index in [0.29, 0.717) is 198 Å². The number of hydrogen-bond donors (Lipinski definition) is 1. The smallest absolute Gasteiger partial charge is 0.305 e. The summed E-state index contributed by atoms with van der Waals surface area (Å²) in [6.45, 7) is 19.8. The molecule has 0 saturated heterocycles. The zero-order chi connectivity index (χ0) is 58.5. The minimum absolute atomic E-state index is 0.0259. The van der Waals surface area contributed by atoms with Gasteiger partial charge in [-0.25, -0.2) is 0 Å². The highest BCUT2D eigenvalue weighted by molar-refractivity contribution is 5.71. The maximum atomic E-state index is 10.7. The first-order valence-corrected chi connectivity index (χ1v) is 29.0. The summed E-state index contributed by atoms with van der Waals surface area (Å²) in [6.07, 6.45) is 14.5. The molecule has 82 heavy (non-hydrogen) atoms. The van der Waals surface area contributed by atoms with Crippen molar-refractivity contribution in [3.05, 3.63) is 108 Å². The molecule has 464 valence electrons. The number of methoxy groups -OCH3 is 3. The molecule has 0 aliphatic carbocycles. The molecule has 0 radical (unpaired) electrons. The Bertz CT molecular complexity index is 2080. The number of nitrogens with zero attached hydrogens (tertiary/aromatic N) is 2. The van der Waals surface area contributed by atoms with Crippen LogP contribution in [0.5, 0.6) is 0 Å². The molecule has 2 aromatic rings. The molecule has 0 saturated carbocycles. The Balaban J connectivity index is 1.47. The second-order valence-electron chi connectivity index (χ2n) is 19.5. The third-order valence-corrected chi connectivity index (χ3v) is 13.7. The Morgan fingerprint density at radius 1 is 0.427 bits per heavy atom. The SMILES string of the molecule is COCCOCCOCCOCCN1C=C(/C=C/C=C/C=C2/N(CCOCCOCCOCCOCCC(=O)O)c3ccccc3C2(C)CCOCCOCCOCCOC)C(C)(CCOCCOCCOCCOC)c2ccccc21. The molecule has 0 bridgehead atoms. The van der Waals surface area contributed by atoms with Crippen LogP contribution in [0.2, 0.25) is 0 Å². The predicted octanol–water partition coefficient (Wildman–Crippen LogP) is 6.83. The van der Waals surface area contributed by atoms with E-state index in [1.807, 2.05) is 0 Å². The molecular weight excluding hydrogens is 1060 g/mol. The summed E-state index contributed by atoms with van der Waals surface area (Å²) in [6, 6.07) is 17.2. The Morgan fingerprint density at radius 3 is 1.24 bits per heavy atom. The van der Waals surface area contributed by atoms with Crippen LogP contribution in [0.1, 0.15) is 44.2 Å². The first-order valence-electron chi connectivity index (χ1n) is 29.0. The molecule has 20 nitrogen and oxygen atoms in total. The fourth-order valence-electron chi connectivity index (χ4n) is 9.15. The van der Waals surface area contributed by atoms with E-state index in [1.54, 1.807) is 21.3 Å². The minimum atomic E-state index is -0.885. The Morgan fingerprint density at radius 2 is 0.793 bits per heavy atom. The quantitative estimate of drug-likeness (QED) is 0.0535. The van der Waals surface area contributed by atoms with Gasteiger partial charge in [-0.15, -0.1) is 0 Å². The number of anilines is 2. The molecule has 0 spiro atoms. The van der Waals surface area contributed by atoms with Crippen molar-refractivity contribution in [2.75, 3.05) is 236 Å². The van der Waals surface area contributed by atoms with Crippen molar-refractivity contribution >= 4 is 17.3 Å². The summed E-state index contributed by atoms with van der Waals surface area (Å²) in [4.78, 5) is 15.3. The molecule has 2 aromatic carbocycles. The van der Waals surface area contributed by atoms with Gasteiger partial charge in [0.2, 0.25) is 0 Å². The van der Waals surface area contributed by atoms with Gasteiger partial charge >= 0.3 is 5.97 Å². The van der Waals surface area contributed by atoms with Gasteiger partial charge in [-0.1, -0.05) is 67.6 Å². The van der Waals surface area contributed by atoms with Crippen LogP contribution in [0, 0.1) is 0 Å². The van der Waals surface area contributed by atoms with Crippen molar-refractivity contribution in [2.45, 2.75) is 43.9 Å². The van der Waals surface area contributed by atoms with Crippen molar-refractivity contribution in [3.63, 3.8) is 0 Å². The Labute approximate surface area is 488 Å². The average Bonchev–Trinajstić information content (AvgIpc) is 2.93. The van der Waals surface area contributed by atoms with Gasteiger partial charge in [0, 0.05) is 81.7 Å². The first-order chi connectivity index (χ1) is 40.3. The number of benzene rings is 2. The van der Waals surface area contributed by atoms with E-state index in [9.17, 15) is 4.79 Å². The number of fused-ring (bicyclic) bond motifs is 2. The van der Waals surface area contributed by atoms with Crippen LogP contribution in [0.25, 0.3) is 0 Å². The van der Waals surface area contributed by atoms with Crippen molar-refractivity contribution in [1.82, 2.24) is 0 Å². The summed E-state index contributed by atoms with van der Waals surface area (Å²) in [5.74, 6) is -0.885. The van der Waals surface area contributed by atoms with Crippen molar-refractivity contribution in [3.8, 4) is 0 Å². The molecule has 0 amide bonds. The summed E-state index contributed by atoms with van der Waals surface area (Å²) < 4.78 is 90.2. The van der Waals surface area contributed by atoms with E-state index in [2.05, 4.69) is 109 Å². The van der Waals surface area contributed by atoms with Crippen molar-refractivity contribution in [1.29, 1.82) is 0 Å². The van der Waals surface area contributed by atoms with Gasteiger partial charge in [-0.2, -0.15) is 0 Å². The number of hydrogen-bond acceptors (Lipinski definition) is 19. The number of carboxylic acid groups (broad SMARTS) is 1. The van der Waals surface area contributed by atoms with E-state index in [1.165, 1.54) is 11.1 Å². The van der Waals surface area contributed by atoms with Gasteiger partial charge in [-0.3, -0.25) is 4.79 Å². The van der Waals surface area contributed by atoms with Crippen molar-refractivity contribution < 1.29 is 85.7 Å². The van der Waals surface area contributed by atoms with Gasteiger partial charge in [0.15, 0.2) is 0 Å². The van der Waals surface area contributed by atoms with E-state index in [-0.39, 0.29) is 23.9 Å². The second kappa shape index (κ2) is 45.2. The lowest BCUT2D eigenvalue weighted by molar-refractivity contribution is -0.138. The van der Waals surface area contributed by atoms with Crippen LogP contribution in [-0.2, 0) is 91.4 Å². The number of carbonyl (C=O) groups is 1. The number of carboxylic acids is 1. The number of allylic oxidation sites excluding steroid dienone is 7. The standard InChI is InChI=1S/C62H98N2O18/c1-61(20-25-71-36-41-79-48-45-75-32-29-67-3)54(53-63(57-16-11-9-14-55(57)61)22-27-73-38-43-81-50-47-77-34-31-69-5)13-7-6-8-18-59-62(2,21-26-72-37-42-80-49-46-76-33-30-68-4)56-15-10-12-17-58(56)64(59)23-28-74-39-44-82-52-51-78-40-35-70-24-19-60(65)66/h6-18,53H,19-52H2,1-5H3,(H,65,66)/b8-6+,13-7+,59-18+. The van der Waals surface area contributed by atoms with Crippen LogP contribution < -0.4 is 9.80 Å². The number of ether oxygens (including phenoxy) is 16. The maximum Gasteiger partial charge on any atom is 0.305 e. The zero-order valence-corrected chi connectivity index (χ0v) is 49.9. The molecule has 2 aliphatic rings. The number of aliphatic carboxylic acids is 1. The minimum Gasteiger partial charge on any atom is -0.481 e. The highest BCUT2D eigenvalue weighted by Gasteiger charge is 2.43. The molecule has 2 heterocycles. The topological polar surface area (TPSA) is 191 Å². The summed E-state index contributed by atoms with van der Waals surface area (Å²) in [7, 11) is 4.97. The van der Waals surface area contributed by atoms with E-state index in [4.69, 9.17) is 80.9 Å². The Kier molecular flexibility index (Phi) is 38.8. The lowest BCUT2D eigenvalue weighted by atomic mass is 9.71. The van der Waals surface area contributed by atoms with Gasteiger partial charge < -0.3 is 90.7 Å². The number of rotatable bonds is 54. The largest absolute Gasteiger partial charge is 0.481 e. The van der Waals surface area contributed by atoms with E-state index in [0.717, 1.165) is 35.5 Å². The van der Waals surface area contributed by atoms with Crippen LogP contribution in [0.15, 0.2) is 96.4 Å². The highest BCUT2D eigenvalue weighted by atomic mass is 16.6. The molecule has 20 heteroatoms. The average molecular weight is 1160 g/mol. The normalized spacial score (nSPS) is 17.5. The third kappa shape index (κ3) is 27.7. The fourth-order valence-corrected chi connectivity index (χ4v) is 9.15. The lowest BCUT2D eigenvalue weighted by Crippen LogP contribution is -2.36. The van der Waals surface area contributed by atoms with Crippen LogP contribution >= 0.6 is 0 Å². The van der Waals surface area contributed by atoms with Gasteiger partial charge in [0.05, 0.1) is 185 Å². The summed E-state index contributed by atoms with van der Waals surface area (Å²) in [5, 5.41) is 8.75. The fraction of sp³-hybridized carbons (Fsp3) is 0.661.